The van der Waals surface area contributed by atoms with Crippen LogP contribution in [-0.2, 0) is 0 Å². The number of thioether (sulfide) groups is 2. The zero-order valence-electron chi connectivity index (χ0n) is 11.2. The Kier molecular flexibility index (Phi) is 4.70. The average molecular weight is 272 g/mol. The standard InChI is InChI=1S/C13H24N2S2/c1-13(2)7-8-17-12(15-13)14-10-5-4-6-11(9-10)16-3/h10-11H,4-9H2,1-3H3,(H,14,15). The normalized spacial score (nSPS) is 35.6. The van der Waals surface area contributed by atoms with Crippen molar-refractivity contribution < 1.29 is 0 Å². The number of nitrogens with zero attached hydrogens (tertiary/aromatic N) is 1. The van der Waals surface area contributed by atoms with Crippen LogP contribution < -0.4 is 5.32 Å². The molecule has 1 N–H and O–H groups in total. The molecule has 4 heteroatoms. The van der Waals surface area contributed by atoms with Crippen LogP contribution in [0.25, 0.3) is 0 Å². The van der Waals surface area contributed by atoms with E-state index in [2.05, 4.69) is 25.4 Å². The SMILES string of the molecule is CSC1CCCC(N=C2NC(C)(C)CCS2)C1. The third-order valence-corrected chi connectivity index (χ3v) is 5.63. The molecule has 0 aromatic carbocycles. The fourth-order valence-electron chi connectivity index (χ4n) is 2.48. The minimum atomic E-state index is 0.234. The van der Waals surface area contributed by atoms with Crippen LogP contribution in [0.2, 0.25) is 0 Å². The Labute approximate surface area is 114 Å². The van der Waals surface area contributed by atoms with Crippen molar-refractivity contribution in [2.24, 2.45) is 4.99 Å². The second kappa shape index (κ2) is 5.87. The van der Waals surface area contributed by atoms with E-state index in [1.165, 1.54) is 43.0 Å². The Hall–Kier alpha value is 0.170. The molecule has 1 aliphatic heterocycles. The smallest absolute Gasteiger partial charge is 0.157 e. The van der Waals surface area contributed by atoms with Crippen molar-refractivity contribution in [2.75, 3.05) is 12.0 Å². The fraction of sp³-hybridized carbons (Fsp3) is 0.923. The molecule has 2 nitrogen and oxygen atoms in total. The van der Waals surface area contributed by atoms with E-state index in [0.29, 0.717) is 6.04 Å². The van der Waals surface area contributed by atoms with Crippen LogP contribution in [0, 0.1) is 0 Å². The first-order valence-corrected chi connectivity index (χ1v) is 8.88. The van der Waals surface area contributed by atoms with E-state index >= 15 is 0 Å². The van der Waals surface area contributed by atoms with E-state index in [0.717, 1.165) is 5.25 Å². The molecule has 0 bridgehead atoms. The van der Waals surface area contributed by atoms with E-state index in [1.807, 2.05) is 23.5 Å². The number of aliphatic imine (C=N–C) groups is 1. The summed E-state index contributed by atoms with van der Waals surface area (Å²) in [5, 5.41) is 5.60. The van der Waals surface area contributed by atoms with Crippen LogP contribution in [0.1, 0.15) is 46.0 Å². The molecule has 1 heterocycles. The highest BCUT2D eigenvalue weighted by atomic mass is 32.2. The van der Waals surface area contributed by atoms with Crippen molar-refractivity contribution in [1.29, 1.82) is 0 Å². The summed E-state index contributed by atoms with van der Waals surface area (Å²) in [5.41, 5.74) is 0.234. The number of hydrogen-bond acceptors (Lipinski definition) is 3. The van der Waals surface area contributed by atoms with E-state index in [-0.39, 0.29) is 5.54 Å². The molecule has 1 saturated carbocycles. The molecular weight excluding hydrogens is 248 g/mol. The van der Waals surface area contributed by atoms with Gasteiger partial charge in [0.1, 0.15) is 0 Å². The summed E-state index contributed by atoms with van der Waals surface area (Å²) in [6.45, 7) is 4.54. The summed E-state index contributed by atoms with van der Waals surface area (Å²) in [6.07, 6.45) is 8.75. The third kappa shape index (κ3) is 4.09. The van der Waals surface area contributed by atoms with E-state index in [1.54, 1.807) is 0 Å². The van der Waals surface area contributed by atoms with Gasteiger partial charge >= 0.3 is 0 Å². The first-order chi connectivity index (χ1) is 8.09. The van der Waals surface area contributed by atoms with Gasteiger partial charge in [0.25, 0.3) is 0 Å². The molecule has 0 radical (unpaired) electrons. The second-order valence-corrected chi connectivity index (χ2v) is 7.94. The molecule has 1 saturated heterocycles. The van der Waals surface area contributed by atoms with Gasteiger partial charge in [0, 0.05) is 16.5 Å². The van der Waals surface area contributed by atoms with Crippen LogP contribution in [0.5, 0.6) is 0 Å². The maximum atomic E-state index is 4.94. The zero-order valence-corrected chi connectivity index (χ0v) is 12.8. The lowest BCUT2D eigenvalue weighted by Crippen LogP contribution is -2.46. The molecule has 2 atom stereocenters. The van der Waals surface area contributed by atoms with Crippen molar-refractivity contribution in [3.8, 4) is 0 Å². The monoisotopic (exact) mass is 272 g/mol. The van der Waals surface area contributed by atoms with Crippen molar-refractivity contribution >= 4 is 28.7 Å². The van der Waals surface area contributed by atoms with Gasteiger partial charge in [-0.1, -0.05) is 18.2 Å². The number of amidine groups is 1. The Morgan fingerprint density at radius 3 is 2.94 bits per heavy atom. The number of hydrogen-bond donors (Lipinski definition) is 1. The van der Waals surface area contributed by atoms with Gasteiger partial charge in [0.2, 0.25) is 0 Å². The molecule has 17 heavy (non-hydrogen) atoms. The molecule has 98 valence electrons. The molecule has 1 aliphatic carbocycles. The quantitative estimate of drug-likeness (QED) is 0.832. The van der Waals surface area contributed by atoms with Crippen molar-refractivity contribution in [1.82, 2.24) is 5.32 Å². The van der Waals surface area contributed by atoms with Crippen LogP contribution in [0.4, 0.5) is 0 Å². The van der Waals surface area contributed by atoms with E-state index in [4.69, 9.17) is 4.99 Å². The second-order valence-electron chi connectivity index (χ2n) is 5.72. The van der Waals surface area contributed by atoms with Gasteiger partial charge in [0.15, 0.2) is 5.17 Å². The molecule has 2 aliphatic rings. The Balaban J connectivity index is 1.94. The predicted molar refractivity (Wildman–Crippen MR) is 81.3 cm³/mol. The summed E-state index contributed by atoms with van der Waals surface area (Å²) in [6, 6.07) is 0.560. The van der Waals surface area contributed by atoms with Gasteiger partial charge < -0.3 is 5.32 Å². The van der Waals surface area contributed by atoms with Gasteiger partial charge in [-0.3, -0.25) is 4.99 Å². The van der Waals surface area contributed by atoms with Gasteiger partial charge in [0.05, 0.1) is 6.04 Å². The molecule has 0 aromatic rings. The Morgan fingerprint density at radius 2 is 2.24 bits per heavy atom. The minimum Gasteiger partial charge on any atom is -0.360 e. The van der Waals surface area contributed by atoms with E-state index in [9.17, 15) is 0 Å². The number of rotatable bonds is 2. The third-order valence-electron chi connectivity index (χ3n) is 3.64. The minimum absolute atomic E-state index is 0.234. The lowest BCUT2D eigenvalue weighted by molar-refractivity contribution is 0.432. The molecule has 0 spiro atoms. The van der Waals surface area contributed by atoms with Gasteiger partial charge in [-0.2, -0.15) is 11.8 Å². The maximum absolute atomic E-state index is 4.94. The highest BCUT2D eigenvalue weighted by Crippen LogP contribution is 2.30. The lowest BCUT2D eigenvalue weighted by Gasteiger charge is -2.34. The highest BCUT2D eigenvalue weighted by molar-refractivity contribution is 8.13. The summed E-state index contributed by atoms with van der Waals surface area (Å²) in [7, 11) is 0. The average Bonchev–Trinajstić information content (AvgIpc) is 2.28. The summed E-state index contributed by atoms with van der Waals surface area (Å²) >= 11 is 3.91. The lowest BCUT2D eigenvalue weighted by atomic mass is 9.95. The Bertz CT molecular complexity index is 289. The molecule has 2 unspecified atom stereocenters. The fourth-order valence-corrected chi connectivity index (χ4v) is 4.67. The topological polar surface area (TPSA) is 24.4 Å². The molecule has 2 fully saturated rings. The van der Waals surface area contributed by atoms with Crippen molar-refractivity contribution in [3.05, 3.63) is 0 Å². The maximum Gasteiger partial charge on any atom is 0.157 e. The van der Waals surface area contributed by atoms with Crippen LogP contribution in [-0.4, -0.2) is 34.0 Å². The summed E-state index contributed by atoms with van der Waals surface area (Å²) in [4.78, 5) is 4.94. The highest BCUT2D eigenvalue weighted by Gasteiger charge is 2.26. The first kappa shape index (κ1) is 13.6. The van der Waals surface area contributed by atoms with Gasteiger partial charge in [-0.15, -0.1) is 0 Å². The van der Waals surface area contributed by atoms with E-state index < -0.39 is 0 Å². The van der Waals surface area contributed by atoms with Crippen molar-refractivity contribution in [2.45, 2.75) is 62.8 Å². The van der Waals surface area contributed by atoms with Gasteiger partial charge in [-0.05, 0) is 45.8 Å². The summed E-state index contributed by atoms with van der Waals surface area (Å²) in [5.74, 6) is 1.21. The van der Waals surface area contributed by atoms with Crippen molar-refractivity contribution in [3.63, 3.8) is 0 Å². The Morgan fingerprint density at radius 1 is 1.41 bits per heavy atom. The van der Waals surface area contributed by atoms with Gasteiger partial charge in [-0.25, -0.2) is 0 Å². The zero-order chi connectivity index (χ0) is 12.3. The molecule has 2 rings (SSSR count). The molecule has 0 aromatic heterocycles. The summed E-state index contributed by atoms with van der Waals surface area (Å²) < 4.78 is 0. The van der Waals surface area contributed by atoms with Crippen LogP contribution >= 0.6 is 23.5 Å². The van der Waals surface area contributed by atoms with Crippen LogP contribution in [0.15, 0.2) is 4.99 Å². The largest absolute Gasteiger partial charge is 0.360 e. The van der Waals surface area contributed by atoms with Crippen LogP contribution in [0.3, 0.4) is 0 Å². The molecular formula is C13H24N2S2. The first-order valence-electron chi connectivity index (χ1n) is 6.61. The number of nitrogens with one attached hydrogen (secondary N) is 1. The molecule has 0 amide bonds. The predicted octanol–water partition coefficient (Wildman–Crippen LogP) is 3.52.